The summed E-state index contributed by atoms with van der Waals surface area (Å²) in [5.74, 6) is 0.894. The van der Waals surface area contributed by atoms with Crippen molar-refractivity contribution in [3.05, 3.63) is 0 Å². The predicted molar refractivity (Wildman–Crippen MR) is 72.2 cm³/mol. The van der Waals surface area contributed by atoms with E-state index in [0.29, 0.717) is 6.04 Å². The average molecular weight is 261 g/mol. The van der Waals surface area contributed by atoms with E-state index >= 15 is 0 Å². The molecule has 0 spiro atoms. The summed E-state index contributed by atoms with van der Waals surface area (Å²) >= 11 is 0. The highest BCUT2D eigenvalue weighted by Crippen LogP contribution is 2.31. The number of hydrogen-bond donors (Lipinski definition) is 1. The maximum atomic E-state index is 12.0. The quantitative estimate of drug-likeness (QED) is 0.843. The molecule has 17 heavy (non-hydrogen) atoms. The van der Waals surface area contributed by atoms with E-state index in [4.69, 9.17) is 5.73 Å². The fourth-order valence-corrected chi connectivity index (χ4v) is 2.71. The molecule has 0 aliphatic heterocycles. The lowest BCUT2D eigenvalue weighted by Crippen LogP contribution is -2.45. The zero-order valence-corrected chi connectivity index (χ0v) is 11.5. The minimum Gasteiger partial charge on any atom is -0.338 e. The van der Waals surface area contributed by atoms with Gasteiger partial charge in [0.2, 0.25) is 5.91 Å². The molecule has 0 aromatic carbocycles. The van der Waals surface area contributed by atoms with Gasteiger partial charge in [-0.25, -0.2) is 0 Å². The summed E-state index contributed by atoms with van der Waals surface area (Å²) in [6, 6.07) is 0.185. The summed E-state index contributed by atoms with van der Waals surface area (Å²) in [6.07, 6.45) is 9.04. The molecule has 0 radical (unpaired) electrons. The molecular formula is C13H25ClN2O. The molecule has 0 aromatic rings. The standard InChI is InChI=1S/C13H24N2O.ClH/c1-10(14)13(16)15(12-7-8-12)9-11-5-3-2-4-6-11;/h10-12H,2-9,14H2,1H3;1H/t10-;/m0./s1. The first-order valence-corrected chi connectivity index (χ1v) is 6.74. The van der Waals surface area contributed by atoms with E-state index in [9.17, 15) is 4.79 Å². The van der Waals surface area contributed by atoms with Crippen LogP contribution in [0.2, 0.25) is 0 Å². The monoisotopic (exact) mass is 260 g/mol. The van der Waals surface area contributed by atoms with Crippen molar-refractivity contribution < 1.29 is 4.79 Å². The second-order valence-electron chi connectivity index (χ2n) is 5.51. The van der Waals surface area contributed by atoms with Gasteiger partial charge in [-0.05, 0) is 38.5 Å². The fourth-order valence-electron chi connectivity index (χ4n) is 2.71. The number of hydrogen-bond acceptors (Lipinski definition) is 2. The van der Waals surface area contributed by atoms with Gasteiger partial charge in [0.15, 0.2) is 0 Å². The third kappa shape index (κ3) is 4.14. The fraction of sp³-hybridized carbons (Fsp3) is 0.923. The van der Waals surface area contributed by atoms with Crippen LogP contribution in [0.25, 0.3) is 0 Å². The molecule has 0 heterocycles. The number of amides is 1. The maximum absolute atomic E-state index is 12.0. The van der Waals surface area contributed by atoms with Crippen molar-refractivity contribution in [2.24, 2.45) is 11.7 Å². The Kier molecular flexibility index (Phi) is 5.74. The van der Waals surface area contributed by atoms with Crippen LogP contribution in [0, 0.1) is 5.92 Å². The zero-order valence-electron chi connectivity index (χ0n) is 10.7. The lowest BCUT2D eigenvalue weighted by molar-refractivity contribution is -0.133. The molecule has 0 bridgehead atoms. The Morgan fingerprint density at radius 2 is 1.82 bits per heavy atom. The van der Waals surface area contributed by atoms with E-state index in [0.717, 1.165) is 12.5 Å². The third-order valence-electron chi connectivity index (χ3n) is 3.84. The first kappa shape index (κ1) is 14.8. The van der Waals surface area contributed by atoms with Crippen LogP contribution in [0.4, 0.5) is 0 Å². The van der Waals surface area contributed by atoms with Crippen molar-refractivity contribution in [1.82, 2.24) is 4.90 Å². The predicted octanol–water partition coefficient (Wildman–Crippen LogP) is 2.33. The first-order chi connectivity index (χ1) is 7.68. The molecule has 1 atom stereocenters. The molecule has 3 nitrogen and oxygen atoms in total. The number of carbonyl (C=O) groups excluding carboxylic acids is 1. The van der Waals surface area contributed by atoms with Crippen LogP contribution in [0.1, 0.15) is 51.9 Å². The highest BCUT2D eigenvalue weighted by Gasteiger charge is 2.35. The van der Waals surface area contributed by atoms with E-state index < -0.39 is 0 Å². The molecule has 2 rings (SSSR count). The Morgan fingerprint density at radius 1 is 1.24 bits per heavy atom. The molecule has 2 aliphatic rings. The minimum absolute atomic E-state index is 0. The van der Waals surface area contributed by atoms with E-state index in [1.807, 2.05) is 0 Å². The number of carbonyl (C=O) groups is 1. The van der Waals surface area contributed by atoms with Crippen molar-refractivity contribution in [2.75, 3.05) is 6.54 Å². The van der Waals surface area contributed by atoms with Crippen LogP contribution >= 0.6 is 12.4 Å². The van der Waals surface area contributed by atoms with Gasteiger partial charge >= 0.3 is 0 Å². The van der Waals surface area contributed by atoms with Crippen LogP contribution in [-0.4, -0.2) is 29.4 Å². The van der Waals surface area contributed by atoms with Crippen molar-refractivity contribution in [2.45, 2.75) is 64.0 Å². The second kappa shape index (κ2) is 6.60. The van der Waals surface area contributed by atoms with E-state index in [1.165, 1.54) is 44.9 Å². The number of nitrogens with zero attached hydrogens (tertiary/aromatic N) is 1. The highest BCUT2D eigenvalue weighted by molar-refractivity contribution is 5.85. The molecule has 0 aromatic heterocycles. The van der Waals surface area contributed by atoms with Crippen LogP contribution in [0.15, 0.2) is 0 Å². The van der Waals surface area contributed by atoms with Crippen molar-refractivity contribution >= 4 is 18.3 Å². The SMILES string of the molecule is C[C@H](N)C(=O)N(CC1CCCCC1)C1CC1.Cl. The van der Waals surface area contributed by atoms with Crippen LogP contribution in [-0.2, 0) is 4.79 Å². The van der Waals surface area contributed by atoms with Crippen molar-refractivity contribution in [3.8, 4) is 0 Å². The summed E-state index contributed by atoms with van der Waals surface area (Å²) < 4.78 is 0. The average Bonchev–Trinajstić information content (AvgIpc) is 3.10. The zero-order chi connectivity index (χ0) is 11.5. The number of nitrogens with two attached hydrogens (primary N) is 1. The van der Waals surface area contributed by atoms with Gasteiger partial charge in [-0.1, -0.05) is 19.3 Å². The summed E-state index contributed by atoms with van der Waals surface area (Å²) in [7, 11) is 0. The summed E-state index contributed by atoms with van der Waals surface area (Å²) in [5, 5.41) is 0. The Balaban J connectivity index is 0.00000144. The van der Waals surface area contributed by atoms with Crippen molar-refractivity contribution in [3.63, 3.8) is 0 Å². The smallest absolute Gasteiger partial charge is 0.239 e. The maximum Gasteiger partial charge on any atom is 0.239 e. The van der Waals surface area contributed by atoms with Crippen LogP contribution in [0.3, 0.4) is 0 Å². The molecule has 2 fully saturated rings. The summed E-state index contributed by atoms with van der Waals surface area (Å²) in [6.45, 7) is 2.77. The summed E-state index contributed by atoms with van der Waals surface area (Å²) in [5.41, 5.74) is 5.72. The lowest BCUT2D eigenvalue weighted by atomic mass is 9.89. The molecule has 4 heteroatoms. The molecule has 1 amide bonds. The minimum atomic E-state index is -0.329. The van der Waals surface area contributed by atoms with Crippen molar-refractivity contribution in [1.29, 1.82) is 0 Å². The molecule has 2 N–H and O–H groups in total. The molecule has 2 aliphatic carbocycles. The van der Waals surface area contributed by atoms with E-state index in [1.54, 1.807) is 6.92 Å². The van der Waals surface area contributed by atoms with Crippen LogP contribution in [0.5, 0.6) is 0 Å². The van der Waals surface area contributed by atoms with Gasteiger partial charge in [0.25, 0.3) is 0 Å². The molecule has 2 saturated carbocycles. The normalized spacial score (nSPS) is 22.7. The molecule has 0 saturated heterocycles. The van der Waals surface area contributed by atoms with Gasteiger partial charge in [-0.15, -0.1) is 12.4 Å². The van der Waals surface area contributed by atoms with Gasteiger partial charge in [0, 0.05) is 12.6 Å². The van der Waals surface area contributed by atoms with E-state index in [2.05, 4.69) is 4.90 Å². The number of rotatable bonds is 4. The largest absolute Gasteiger partial charge is 0.338 e. The van der Waals surface area contributed by atoms with E-state index in [-0.39, 0.29) is 24.4 Å². The van der Waals surface area contributed by atoms with Gasteiger partial charge in [0.1, 0.15) is 0 Å². The van der Waals surface area contributed by atoms with Gasteiger partial charge in [0.05, 0.1) is 6.04 Å². The Labute approximate surface area is 111 Å². The topological polar surface area (TPSA) is 46.3 Å². The van der Waals surface area contributed by atoms with Gasteiger partial charge in [-0.2, -0.15) is 0 Å². The Bertz CT molecular complexity index is 248. The third-order valence-corrected chi connectivity index (χ3v) is 3.84. The van der Waals surface area contributed by atoms with Gasteiger partial charge in [-0.3, -0.25) is 4.79 Å². The highest BCUT2D eigenvalue weighted by atomic mass is 35.5. The molecular weight excluding hydrogens is 236 g/mol. The molecule has 0 unspecified atom stereocenters. The number of halogens is 1. The lowest BCUT2D eigenvalue weighted by Gasteiger charge is -2.31. The van der Waals surface area contributed by atoms with Crippen LogP contribution < -0.4 is 5.73 Å². The second-order valence-corrected chi connectivity index (χ2v) is 5.51. The Hall–Kier alpha value is -0.280. The Morgan fingerprint density at radius 3 is 2.29 bits per heavy atom. The first-order valence-electron chi connectivity index (χ1n) is 6.74. The summed E-state index contributed by atoms with van der Waals surface area (Å²) in [4.78, 5) is 14.1. The van der Waals surface area contributed by atoms with Gasteiger partial charge < -0.3 is 10.6 Å². The molecule has 100 valence electrons.